The molecule has 220 valence electrons. The summed E-state index contributed by atoms with van der Waals surface area (Å²) in [6, 6.07) is 18.4. The van der Waals surface area contributed by atoms with Crippen molar-refractivity contribution >= 4 is 55.0 Å². The molecule has 0 radical (unpaired) electrons. The van der Waals surface area contributed by atoms with Crippen LogP contribution in [0.15, 0.2) is 84.5 Å². The summed E-state index contributed by atoms with van der Waals surface area (Å²) in [7, 11) is 7.42. The molecule has 1 N–H and O–H groups in total. The number of carbonyl (C=O) groups excluding carboxylic acids is 2. The first kappa shape index (κ1) is 32.8. The van der Waals surface area contributed by atoms with Gasteiger partial charge in [-0.1, -0.05) is 55.1 Å². The molecule has 1 saturated heterocycles. The molecule has 0 spiro atoms. The lowest BCUT2D eigenvalue weighted by molar-refractivity contribution is -0.616. The summed E-state index contributed by atoms with van der Waals surface area (Å²) in [5, 5.41) is 3.17. The van der Waals surface area contributed by atoms with E-state index in [9.17, 15) is 9.59 Å². The average Bonchev–Trinajstić information content (AvgIpc) is 3.00. The van der Waals surface area contributed by atoms with Gasteiger partial charge in [-0.05, 0) is 35.4 Å². The summed E-state index contributed by atoms with van der Waals surface area (Å²) < 4.78 is 20.3. The van der Waals surface area contributed by atoms with Crippen LogP contribution in [0.25, 0.3) is 5.70 Å². The van der Waals surface area contributed by atoms with E-state index < -0.39 is 26.8 Å². The second kappa shape index (κ2) is 16.1. The Morgan fingerprint density at radius 3 is 2.41 bits per heavy atom. The summed E-state index contributed by atoms with van der Waals surface area (Å²) >= 11 is 4.44. The number of ether oxygens (including phenoxy) is 2. The summed E-state index contributed by atoms with van der Waals surface area (Å²) in [5.41, 5.74) is 2.04. The van der Waals surface area contributed by atoms with Gasteiger partial charge in [0.2, 0.25) is 6.41 Å². The predicted octanol–water partition coefficient (Wildman–Crippen LogP) is 4.57. The van der Waals surface area contributed by atoms with Crippen molar-refractivity contribution in [2.24, 2.45) is 4.99 Å². The van der Waals surface area contributed by atoms with Crippen LogP contribution >= 0.6 is 31.1 Å². The molecule has 1 fully saturated rings. The van der Waals surface area contributed by atoms with E-state index >= 15 is 0 Å². The van der Waals surface area contributed by atoms with Gasteiger partial charge in [-0.2, -0.15) is 0 Å². The lowest BCUT2D eigenvalue weighted by atomic mass is 10.2. The molecule has 1 heterocycles. The van der Waals surface area contributed by atoms with Gasteiger partial charge >= 0.3 is 14.4 Å². The van der Waals surface area contributed by atoms with Gasteiger partial charge in [0.25, 0.3) is 0 Å². The number of nitrogens with zero attached hydrogens (tertiary/aromatic N) is 4. The molecule has 41 heavy (non-hydrogen) atoms. The normalized spacial score (nSPS) is 19.0. The van der Waals surface area contributed by atoms with Crippen molar-refractivity contribution in [3.8, 4) is 0 Å². The number of amides is 1. The molecule has 2 aromatic carbocycles. The van der Waals surface area contributed by atoms with E-state index in [1.807, 2.05) is 50.5 Å². The summed E-state index contributed by atoms with van der Waals surface area (Å²) in [4.78, 5) is 30.6. The number of quaternary nitrogens is 1. The van der Waals surface area contributed by atoms with Crippen LogP contribution in [0.4, 0.5) is 0 Å². The zero-order chi connectivity index (χ0) is 29.8. The van der Waals surface area contributed by atoms with Gasteiger partial charge in [-0.25, -0.2) is 13.1 Å². The number of hydrogen-bond acceptors (Lipinski definition) is 9. The molecule has 10 nitrogen and oxygen atoms in total. The van der Waals surface area contributed by atoms with Crippen molar-refractivity contribution in [2.45, 2.75) is 12.3 Å². The second-order valence-corrected chi connectivity index (χ2v) is 13.6. The summed E-state index contributed by atoms with van der Waals surface area (Å²) in [6.45, 7) is 4.89. The number of thiol groups is 1. The molecule has 3 unspecified atom stereocenters. The fourth-order valence-electron chi connectivity index (χ4n) is 4.06. The lowest BCUT2D eigenvalue weighted by Crippen LogP contribution is -2.54. The number of nitrogens with one attached hydrogen (secondary N) is 1. The molecule has 1 aliphatic rings. The maximum absolute atomic E-state index is 12.6. The Labute approximate surface area is 252 Å². The van der Waals surface area contributed by atoms with Gasteiger partial charge < -0.3 is 19.3 Å². The molecule has 3 atom stereocenters. The van der Waals surface area contributed by atoms with E-state index in [0.717, 1.165) is 5.56 Å². The Balaban J connectivity index is 1.77. The Morgan fingerprint density at radius 2 is 1.85 bits per heavy atom. The highest BCUT2D eigenvalue weighted by atomic mass is 33.1. The Kier molecular flexibility index (Phi) is 12.9. The van der Waals surface area contributed by atoms with Crippen LogP contribution in [0.5, 0.6) is 0 Å². The third-order valence-electron chi connectivity index (χ3n) is 6.06. The van der Waals surface area contributed by atoms with Crippen molar-refractivity contribution in [1.82, 2.24) is 14.9 Å². The molecule has 13 heteroatoms. The van der Waals surface area contributed by atoms with Gasteiger partial charge in [0.05, 0.1) is 26.2 Å². The Bertz CT molecular complexity index is 1220. The van der Waals surface area contributed by atoms with E-state index in [4.69, 9.17) is 14.0 Å². The maximum Gasteiger partial charge on any atom is 0.355 e. The molecule has 0 aliphatic carbocycles. The largest absolute Gasteiger partial charge is 0.459 e. The first-order chi connectivity index (χ1) is 19.7. The quantitative estimate of drug-likeness (QED) is 0.0493. The third kappa shape index (κ3) is 9.40. The number of rotatable bonds is 13. The van der Waals surface area contributed by atoms with E-state index in [0.29, 0.717) is 40.3 Å². The number of amidine groups is 1. The number of hydrogen-bond donors (Lipinski definition) is 2. The molecular formula is C28H37N5O5PS2+. The third-order valence-corrected chi connectivity index (χ3v) is 10.7. The minimum atomic E-state index is -1.21. The first-order valence-electron chi connectivity index (χ1n) is 12.8. The summed E-state index contributed by atoms with van der Waals surface area (Å²) in [5.74, 6) is 0.0645. The Hall–Kier alpha value is -2.70. The molecule has 3 rings (SSSR count). The number of carbonyl (C=O) groups is 2. The van der Waals surface area contributed by atoms with Gasteiger partial charge in [-0.3, -0.25) is 14.7 Å². The zero-order valence-electron chi connectivity index (χ0n) is 23.6. The van der Waals surface area contributed by atoms with Gasteiger partial charge in [0.1, 0.15) is 35.8 Å². The van der Waals surface area contributed by atoms with Crippen LogP contribution < -0.4 is 5.32 Å². The van der Waals surface area contributed by atoms with Crippen molar-refractivity contribution in [1.29, 1.82) is 0 Å². The van der Waals surface area contributed by atoms with Crippen molar-refractivity contribution in [3.63, 3.8) is 0 Å². The monoisotopic (exact) mass is 618 g/mol. The van der Waals surface area contributed by atoms with E-state index in [1.165, 1.54) is 15.9 Å². The maximum atomic E-state index is 12.6. The first-order valence-corrected chi connectivity index (χ1v) is 15.7. The summed E-state index contributed by atoms with van der Waals surface area (Å²) in [6.07, 6.45) is 2.78. The number of morpholine rings is 1. The van der Waals surface area contributed by atoms with E-state index in [-0.39, 0.29) is 6.61 Å². The number of aliphatic imine (C=N–C) groups is 1. The highest BCUT2D eigenvalue weighted by Crippen LogP contribution is 2.55. The lowest BCUT2D eigenvalue weighted by Gasteiger charge is -2.44. The molecule has 1 amide bonds. The topological polar surface area (TPSA) is 92.7 Å². The number of esters is 1. The SMILES string of the molecule is C=C(NC(/C=C\N(C=O)C1CN(P(OC)[N+](C)(C)SS)CC(COC(=O)c2ccccc2)O1)=NC)c1ccccc1. The van der Waals surface area contributed by atoms with Crippen LogP contribution in [0.2, 0.25) is 0 Å². The van der Waals surface area contributed by atoms with Crippen molar-refractivity contribution < 1.29 is 27.2 Å². The number of benzene rings is 2. The van der Waals surface area contributed by atoms with Crippen LogP contribution in [0.3, 0.4) is 0 Å². The smallest absolute Gasteiger partial charge is 0.355 e. The van der Waals surface area contributed by atoms with Crippen LogP contribution in [0, 0.1) is 0 Å². The highest BCUT2D eigenvalue weighted by molar-refractivity contribution is 8.66. The minimum Gasteiger partial charge on any atom is -0.459 e. The molecule has 1 aliphatic heterocycles. The zero-order valence-corrected chi connectivity index (χ0v) is 26.2. The van der Waals surface area contributed by atoms with Gasteiger partial charge in [-0.15, -0.1) is 0 Å². The van der Waals surface area contributed by atoms with E-state index in [1.54, 1.807) is 50.7 Å². The van der Waals surface area contributed by atoms with Gasteiger partial charge in [0, 0.05) is 32.6 Å². The van der Waals surface area contributed by atoms with Crippen LogP contribution in [0.1, 0.15) is 15.9 Å². The predicted molar refractivity (Wildman–Crippen MR) is 169 cm³/mol. The Morgan fingerprint density at radius 1 is 1.22 bits per heavy atom. The second-order valence-electron chi connectivity index (χ2n) is 9.31. The van der Waals surface area contributed by atoms with Crippen LogP contribution in [-0.2, 0) is 18.8 Å². The van der Waals surface area contributed by atoms with Crippen molar-refractivity contribution in [3.05, 3.63) is 90.6 Å². The highest BCUT2D eigenvalue weighted by Gasteiger charge is 2.44. The average molecular weight is 619 g/mol. The van der Waals surface area contributed by atoms with Gasteiger partial charge in [0.15, 0.2) is 0 Å². The fourth-order valence-corrected chi connectivity index (χ4v) is 7.22. The standard InChI is InChI=1S/C28H36N5O5PS2/c1-22(23-12-8-6-9-13-23)30-26(29-2)16-17-31(21-34)27-19-32(39(36-5)33(3,4)41-40)18-25(38-27)20-37-28(35)24-14-10-7-11-15-24/h6-17,21,25,27H,1,18-20H2,2-5H3,(H-,29,30,40)/p+1/b17-16-. The van der Waals surface area contributed by atoms with Crippen LogP contribution in [-0.4, -0.2) is 91.7 Å². The fraction of sp³-hybridized carbons (Fsp3) is 0.321. The molecular weight excluding hydrogens is 581 g/mol. The van der Waals surface area contributed by atoms with Crippen molar-refractivity contribution in [2.75, 3.05) is 47.9 Å². The minimum absolute atomic E-state index is 0.00555. The molecule has 2 aromatic rings. The molecule has 0 bridgehead atoms. The molecule has 0 saturated carbocycles. The molecule has 0 aromatic heterocycles. The van der Waals surface area contributed by atoms with E-state index in [2.05, 4.69) is 33.2 Å².